The standard InChI is InChI=1S/C15H18N4O/c16-15-12-5-6-17-9-11(12)3-4-13(15)18-10-14(20)19-7-1-2-8-19/h3-6,9,18H,1-2,7-8,10,16H2. The molecule has 0 saturated carbocycles. The molecule has 0 aliphatic carbocycles. The molecule has 1 aliphatic rings. The highest BCUT2D eigenvalue weighted by atomic mass is 16.2. The number of hydrogen-bond acceptors (Lipinski definition) is 4. The minimum absolute atomic E-state index is 0.136. The van der Waals surface area contributed by atoms with Gasteiger partial charge in [-0.15, -0.1) is 0 Å². The molecular formula is C15H18N4O. The fourth-order valence-corrected chi connectivity index (χ4v) is 2.60. The lowest BCUT2D eigenvalue weighted by Crippen LogP contribution is -2.33. The number of rotatable bonds is 3. The van der Waals surface area contributed by atoms with Gasteiger partial charge in [-0.1, -0.05) is 6.07 Å². The van der Waals surface area contributed by atoms with Crippen molar-refractivity contribution in [3.63, 3.8) is 0 Å². The number of hydrogen-bond donors (Lipinski definition) is 2. The van der Waals surface area contributed by atoms with E-state index in [4.69, 9.17) is 5.73 Å². The Kier molecular flexibility index (Phi) is 3.41. The predicted molar refractivity (Wildman–Crippen MR) is 80.5 cm³/mol. The van der Waals surface area contributed by atoms with Crippen LogP contribution in [0.3, 0.4) is 0 Å². The van der Waals surface area contributed by atoms with Crippen molar-refractivity contribution in [2.24, 2.45) is 0 Å². The molecule has 3 rings (SSSR count). The molecule has 5 heteroatoms. The number of carbonyl (C=O) groups is 1. The summed E-state index contributed by atoms with van der Waals surface area (Å²) in [6, 6.07) is 5.75. The van der Waals surface area contributed by atoms with Gasteiger partial charge < -0.3 is 16.0 Å². The molecule has 20 heavy (non-hydrogen) atoms. The van der Waals surface area contributed by atoms with Crippen LogP contribution < -0.4 is 11.1 Å². The van der Waals surface area contributed by atoms with Crippen molar-refractivity contribution in [2.45, 2.75) is 12.8 Å². The van der Waals surface area contributed by atoms with E-state index in [0.29, 0.717) is 12.2 Å². The molecule has 0 radical (unpaired) electrons. The van der Waals surface area contributed by atoms with Crippen LogP contribution >= 0.6 is 0 Å². The molecule has 1 aliphatic heterocycles. The quantitative estimate of drug-likeness (QED) is 0.835. The van der Waals surface area contributed by atoms with Crippen molar-refractivity contribution in [3.05, 3.63) is 30.6 Å². The van der Waals surface area contributed by atoms with Crippen molar-refractivity contribution in [1.29, 1.82) is 0 Å². The largest absolute Gasteiger partial charge is 0.397 e. The maximum Gasteiger partial charge on any atom is 0.241 e. The summed E-state index contributed by atoms with van der Waals surface area (Å²) in [6.07, 6.45) is 5.72. The third-order valence-electron chi connectivity index (χ3n) is 3.75. The van der Waals surface area contributed by atoms with Crippen LogP contribution in [0.15, 0.2) is 30.6 Å². The number of aromatic nitrogens is 1. The fraction of sp³-hybridized carbons (Fsp3) is 0.333. The predicted octanol–water partition coefficient (Wildman–Crippen LogP) is 1.85. The minimum Gasteiger partial charge on any atom is -0.397 e. The van der Waals surface area contributed by atoms with E-state index in [0.717, 1.165) is 42.4 Å². The number of likely N-dealkylation sites (tertiary alicyclic amines) is 1. The van der Waals surface area contributed by atoms with Crippen molar-refractivity contribution in [3.8, 4) is 0 Å². The lowest BCUT2D eigenvalue weighted by atomic mass is 10.1. The molecule has 2 heterocycles. The zero-order chi connectivity index (χ0) is 13.9. The van der Waals surface area contributed by atoms with Crippen LogP contribution in [0.1, 0.15) is 12.8 Å². The summed E-state index contributed by atoms with van der Waals surface area (Å²) in [5.41, 5.74) is 7.61. The molecule has 0 spiro atoms. The van der Waals surface area contributed by atoms with Crippen molar-refractivity contribution in [2.75, 3.05) is 30.7 Å². The van der Waals surface area contributed by atoms with E-state index >= 15 is 0 Å². The Morgan fingerprint density at radius 3 is 2.90 bits per heavy atom. The van der Waals surface area contributed by atoms with Crippen LogP contribution in [-0.4, -0.2) is 35.4 Å². The first-order valence-electron chi connectivity index (χ1n) is 6.89. The Hall–Kier alpha value is -2.30. The highest BCUT2D eigenvalue weighted by Gasteiger charge is 2.17. The number of benzene rings is 1. The molecule has 1 aromatic carbocycles. The average molecular weight is 270 g/mol. The molecule has 0 unspecified atom stereocenters. The van der Waals surface area contributed by atoms with Crippen molar-refractivity contribution >= 4 is 28.1 Å². The summed E-state index contributed by atoms with van der Waals surface area (Å²) in [6.45, 7) is 2.04. The number of pyridine rings is 1. The molecule has 3 N–H and O–H groups in total. The Morgan fingerprint density at radius 2 is 2.10 bits per heavy atom. The van der Waals surface area contributed by atoms with E-state index in [1.165, 1.54) is 0 Å². The molecule has 104 valence electrons. The normalized spacial score (nSPS) is 14.7. The van der Waals surface area contributed by atoms with Gasteiger partial charge in [0.2, 0.25) is 5.91 Å². The van der Waals surface area contributed by atoms with E-state index in [-0.39, 0.29) is 5.91 Å². The molecule has 1 fully saturated rings. The van der Waals surface area contributed by atoms with E-state index in [2.05, 4.69) is 10.3 Å². The molecule has 5 nitrogen and oxygen atoms in total. The van der Waals surface area contributed by atoms with Crippen LogP contribution in [0, 0.1) is 0 Å². The number of fused-ring (bicyclic) bond motifs is 1. The summed E-state index contributed by atoms with van der Waals surface area (Å²) in [7, 11) is 0. The van der Waals surface area contributed by atoms with Gasteiger partial charge in [-0.05, 0) is 25.0 Å². The number of anilines is 2. The topological polar surface area (TPSA) is 71.2 Å². The zero-order valence-electron chi connectivity index (χ0n) is 11.3. The maximum absolute atomic E-state index is 12.0. The van der Waals surface area contributed by atoms with Crippen LogP contribution in [0.4, 0.5) is 11.4 Å². The van der Waals surface area contributed by atoms with Gasteiger partial charge in [0.05, 0.1) is 17.9 Å². The number of nitrogens with two attached hydrogens (primary N) is 1. The lowest BCUT2D eigenvalue weighted by molar-refractivity contribution is -0.128. The number of nitrogens with one attached hydrogen (secondary N) is 1. The number of nitrogens with zero attached hydrogens (tertiary/aromatic N) is 2. The van der Waals surface area contributed by atoms with Gasteiger partial charge in [-0.2, -0.15) is 0 Å². The minimum atomic E-state index is 0.136. The molecule has 0 atom stereocenters. The highest BCUT2D eigenvalue weighted by Crippen LogP contribution is 2.27. The first-order valence-corrected chi connectivity index (χ1v) is 6.89. The summed E-state index contributed by atoms with van der Waals surface area (Å²) >= 11 is 0. The molecule has 0 bridgehead atoms. The van der Waals surface area contributed by atoms with Gasteiger partial charge in [0.25, 0.3) is 0 Å². The van der Waals surface area contributed by atoms with Crippen molar-refractivity contribution in [1.82, 2.24) is 9.88 Å². The Morgan fingerprint density at radius 1 is 1.30 bits per heavy atom. The molecule has 1 aromatic heterocycles. The number of carbonyl (C=O) groups excluding carboxylic acids is 1. The van der Waals surface area contributed by atoms with E-state index in [1.54, 1.807) is 12.4 Å². The second kappa shape index (κ2) is 5.36. The van der Waals surface area contributed by atoms with E-state index < -0.39 is 0 Å². The van der Waals surface area contributed by atoms with Gasteiger partial charge in [0.15, 0.2) is 0 Å². The second-order valence-corrected chi connectivity index (χ2v) is 5.07. The Bertz CT molecular complexity index is 635. The van der Waals surface area contributed by atoms with Crippen LogP contribution in [0.5, 0.6) is 0 Å². The number of nitrogen functional groups attached to an aromatic ring is 1. The van der Waals surface area contributed by atoms with Gasteiger partial charge >= 0.3 is 0 Å². The lowest BCUT2D eigenvalue weighted by Gasteiger charge is -2.17. The first-order chi connectivity index (χ1) is 9.75. The smallest absolute Gasteiger partial charge is 0.241 e. The van der Waals surface area contributed by atoms with Gasteiger partial charge in [-0.3, -0.25) is 9.78 Å². The Balaban J connectivity index is 1.74. The average Bonchev–Trinajstić information content (AvgIpc) is 3.01. The molecule has 1 amide bonds. The molecule has 2 aromatic rings. The SMILES string of the molecule is Nc1c(NCC(=O)N2CCCC2)ccc2cnccc12. The van der Waals surface area contributed by atoms with Gasteiger partial charge in [0.1, 0.15) is 0 Å². The monoisotopic (exact) mass is 270 g/mol. The Labute approximate surface area is 117 Å². The number of amides is 1. The second-order valence-electron chi connectivity index (χ2n) is 5.07. The maximum atomic E-state index is 12.0. The van der Waals surface area contributed by atoms with Crippen LogP contribution in [0.2, 0.25) is 0 Å². The van der Waals surface area contributed by atoms with Crippen molar-refractivity contribution < 1.29 is 4.79 Å². The summed E-state index contributed by atoms with van der Waals surface area (Å²) in [5.74, 6) is 0.136. The molecular weight excluding hydrogens is 252 g/mol. The summed E-state index contributed by atoms with van der Waals surface area (Å²) in [5, 5.41) is 5.10. The van der Waals surface area contributed by atoms with Crippen LogP contribution in [-0.2, 0) is 4.79 Å². The molecule has 1 saturated heterocycles. The third-order valence-corrected chi connectivity index (χ3v) is 3.75. The first kappa shape index (κ1) is 12.7. The highest BCUT2D eigenvalue weighted by molar-refractivity contribution is 5.99. The zero-order valence-corrected chi connectivity index (χ0v) is 11.3. The van der Waals surface area contributed by atoms with Gasteiger partial charge in [-0.25, -0.2) is 0 Å². The summed E-state index contributed by atoms with van der Waals surface area (Å²) in [4.78, 5) is 18.0. The third kappa shape index (κ3) is 2.39. The van der Waals surface area contributed by atoms with Gasteiger partial charge in [0, 0.05) is 36.3 Å². The fourth-order valence-electron chi connectivity index (χ4n) is 2.60. The van der Waals surface area contributed by atoms with E-state index in [1.807, 2.05) is 23.1 Å². The summed E-state index contributed by atoms with van der Waals surface area (Å²) < 4.78 is 0. The van der Waals surface area contributed by atoms with E-state index in [9.17, 15) is 4.79 Å². The van der Waals surface area contributed by atoms with Crippen LogP contribution in [0.25, 0.3) is 10.8 Å².